The van der Waals surface area contributed by atoms with Gasteiger partial charge in [-0.1, -0.05) is 66.2 Å². The molecule has 3 heteroatoms. The summed E-state index contributed by atoms with van der Waals surface area (Å²) >= 11 is 0. The molecule has 2 unspecified atom stereocenters. The minimum atomic E-state index is 0.610. The maximum atomic E-state index is 6.16. The highest BCUT2D eigenvalue weighted by Crippen LogP contribution is 2.28. The smallest absolute Gasteiger partial charge is 0.142 e. The van der Waals surface area contributed by atoms with Crippen LogP contribution in [0.4, 0.5) is 5.69 Å². The van der Waals surface area contributed by atoms with Gasteiger partial charge in [-0.15, -0.1) is 0 Å². The second kappa shape index (κ2) is 12.9. The topological polar surface area (TPSA) is 44.5 Å². The van der Waals surface area contributed by atoms with E-state index < -0.39 is 0 Å². The van der Waals surface area contributed by atoms with Crippen LogP contribution < -0.4 is 15.2 Å². The fraction of sp³-hybridized carbons (Fsp3) is 0.727. The SMILES string of the molecule is CCCCC(CC)COc1ccc(OCC(CC)CCCC)c(N)c1. The molecule has 2 atom stereocenters. The van der Waals surface area contributed by atoms with Crippen molar-refractivity contribution in [2.45, 2.75) is 79.1 Å². The molecule has 0 saturated heterocycles. The van der Waals surface area contributed by atoms with Crippen molar-refractivity contribution in [3.05, 3.63) is 18.2 Å². The second-order valence-electron chi connectivity index (χ2n) is 7.15. The van der Waals surface area contributed by atoms with E-state index in [0.717, 1.165) is 37.6 Å². The van der Waals surface area contributed by atoms with Gasteiger partial charge in [0.1, 0.15) is 11.5 Å². The Bertz CT molecular complexity index is 461. The van der Waals surface area contributed by atoms with Crippen LogP contribution in [0.5, 0.6) is 11.5 Å². The summed E-state index contributed by atoms with van der Waals surface area (Å²) in [6, 6.07) is 5.82. The van der Waals surface area contributed by atoms with Crippen LogP contribution in [0.3, 0.4) is 0 Å². The first-order chi connectivity index (χ1) is 12.1. The summed E-state index contributed by atoms with van der Waals surface area (Å²) in [5, 5.41) is 0. The summed E-state index contributed by atoms with van der Waals surface area (Å²) in [5.74, 6) is 2.86. The Balaban J connectivity index is 2.50. The summed E-state index contributed by atoms with van der Waals surface area (Å²) in [7, 11) is 0. The van der Waals surface area contributed by atoms with E-state index in [1.165, 1.54) is 38.5 Å². The van der Waals surface area contributed by atoms with Gasteiger partial charge in [-0.2, -0.15) is 0 Å². The molecule has 0 heterocycles. The number of anilines is 1. The van der Waals surface area contributed by atoms with Gasteiger partial charge in [0.2, 0.25) is 0 Å². The zero-order chi connectivity index (χ0) is 18.5. The third-order valence-electron chi connectivity index (χ3n) is 5.03. The van der Waals surface area contributed by atoms with Crippen molar-refractivity contribution in [3.63, 3.8) is 0 Å². The molecule has 2 N–H and O–H groups in total. The van der Waals surface area contributed by atoms with Gasteiger partial charge in [0, 0.05) is 6.07 Å². The number of unbranched alkanes of at least 4 members (excludes halogenated alkanes) is 2. The molecule has 3 nitrogen and oxygen atoms in total. The lowest BCUT2D eigenvalue weighted by Gasteiger charge is -2.18. The normalized spacial score (nSPS) is 13.4. The maximum absolute atomic E-state index is 6.16. The molecule has 0 aliphatic carbocycles. The average Bonchev–Trinajstić information content (AvgIpc) is 2.63. The number of nitrogens with two attached hydrogens (primary N) is 1. The molecule has 1 aromatic rings. The minimum Gasteiger partial charge on any atom is -0.493 e. The molecule has 1 aromatic carbocycles. The zero-order valence-corrected chi connectivity index (χ0v) is 16.9. The molecule has 0 aromatic heterocycles. The van der Waals surface area contributed by atoms with Crippen molar-refractivity contribution in [3.8, 4) is 11.5 Å². The number of benzene rings is 1. The fourth-order valence-electron chi connectivity index (χ4n) is 2.97. The Kier molecular flexibility index (Phi) is 11.2. The highest BCUT2D eigenvalue weighted by molar-refractivity contribution is 5.56. The molecule has 0 fully saturated rings. The quantitative estimate of drug-likeness (QED) is 0.392. The Morgan fingerprint density at radius 1 is 0.840 bits per heavy atom. The predicted molar refractivity (Wildman–Crippen MR) is 108 cm³/mol. The van der Waals surface area contributed by atoms with Crippen molar-refractivity contribution in [2.75, 3.05) is 18.9 Å². The van der Waals surface area contributed by atoms with Crippen molar-refractivity contribution in [1.29, 1.82) is 0 Å². The lowest BCUT2D eigenvalue weighted by Crippen LogP contribution is -2.13. The standard InChI is InChI=1S/C22H39NO2/c1-5-9-11-18(7-3)16-24-20-13-14-22(21(23)15-20)25-17-19(8-4)12-10-6-2/h13-15,18-19H,5-12,16-17,23H2,1-4H3. The van der Waals surface area contributed by atoms with Gasteiger partial charge in [-0.25, -0.2) is 0 Å². The van der Waals surface area contributed by atoms with Gasteiger partial charge in [-0.3, -0.25) is 0 Å². The highest BCUT2D eigenvalue weighted by atomic mass is 16.5. The van der Waals surface area contributed by atoms with E-state index in [1.807, 2.05) is 18.2 Å². The molecule has 0 amide bonds. The van der Waals surface area contributed by atoms with Gasteiger partial charge < -0.3 is 15.2 Å². The van der Waals surface area contributed by atoms with E-state index in [1.54, 1.807) is 0 Å². The van der Waals surface area contributed by atoms with E-state index in [2.05, 4.69) is 27.7 Å². The summed E-state index contributed by atoms with van der Waals surface area (Å²) in [4.78, 5) is 0. The summed E-state index contributed by atoms with van der Waals surface area (Å²) in [6.07, 6.45) is 9.79. The molecular formula is C22H39NO2. The first-order valence-electron chi connectivity index (χ1n) is 10.3. The highest BCUT2D eigenvalue weighted by Gasteiger charge is 2.10. The van der Waals surface area contributed by atoms with Gasteiger partial charge in [0.15, 0.2) is 0 Å². The van der Waals surface area contributed by atoms with Crippen LogP contribution in [-0.2, 0) is 0 Å². The van der Waals surface area contributed by atoms with E-state index in [4.69, 9.17) is 15.2 Å². The maximum Gasteiger partial charge on any atom is 0.142 e. The minimum absolute atomic E-state index is 0.610. The van der Waals surface area contributed by atoms with Crippen LogP contribution in [0.2, 0.25) is 0 Å². The molecule has 0 bridgehead atoms. The Morgan fingerprint density at radius 3 is 1.88 bits per heavy atom. The first-order valence-corrected chi connectivity index (χ1v) is 10.3. The van der Waals surface area contributed by atoms with Gasteiger partial charge in [0.25, 0.3) is 0 Å². The van der Waals surface area contributed by atoms with Gasteiger partial charge >= 0.3 is 0 Å². The van der Waals surface area contributed by atoms with E-state index >= 15 is 0 Å². The van der Waals surface area contributed by atoms with Crippen LogP contribution in [0.1, 0.15) is 79.1 Å². The number of hydrogen-bond acceptors (Lipinski definition) is 3. The summed E-state index contributed by atoms with van der Waals surface area (Å²) in [6.45, 7) is 10.4. The summed E-state index contributed by atoms with van der Waals surface area (Å²) < 4.78 is 11.9. The molecular weight excluding hydrogens is 310 g/mol. The Labute approximate surface area is 155 Å². The van der Waals surface area contributed by atoms with E-state index in [0.29, 0.717) is 17.5 Å². The molecule has 0 aliphatic heterocycles. The van der Waals surface area contributed by atoms with Crippen LogP contribution in [0.15, 0.2) is 18.2 Å². The lowest BCUT2D eigenvalue weighted by molar-refractivity contribution is 0.228. The van der Waals surface area contributed by atoms with Crippen molar-refractivity contribution >= 4 is 5.69 Å². The van der Waals surface area contributed by atoms with Crippen LogP contribution in [0, 0.1) is 11.8 Å². The summed E-state index contributed by atoms with van der Waals surface area (Å²) in [5.41, 5.74) is 6.83. The molecule has 144 valence electrons. The molecule has 0 spiro atoms. The lowest BCUT2D eigenvalue weighted by atomic mass is 10.0. The third kappa shape index (κ3) is 8.51. The predicted octanol–water partition coefficient (Wildman–Crippen LogP) is 6.46. The number of nitrogen functional groups attached to an aromatic ring is 1. The monoisotopic (exact) mass is 349 g/mol. The Morgan fingerprint density at radius 2 is 1.40 bits per heavy atom. The fourth-order valence-corrected chi connectivity index (χ4v) is 2.97. The molecule has 25 heavy (non-hydrogen) atoms. The average molecular weight is 350 g/mol. The van der Waals surface area contributed by atoms with Crippen molar-refractivity contribution in [1.82, 2.24) is 0 Å². The largest absolute Gasteiger partial charge is 0.493 e. The van der Waals surface area contributed by atoms with Gasteiger partial charge in [-0.05, 0) is 36.8 Å². The molecule has 0 aliphatic rings. The van der Waals surface area contributed by atoms with E-state index in [9.17, 15) is 0 Å². The zero-order valence-electron chi connectivity index (χ0n) is 16.9. The van der Waals surface area contributed by atoms with Crippen LogP contribution >= 0.6 is 0 Å². The first kappa shape index (κ1) is 21.7. The second-order valence-corrected chi connectivity index (χ2v) is 7.15. The van der Waals surface area contributed by atoms with Gasteiger partial charge in [0.05, 0.1) is 18.9 Å². The third-order valence-corrected chi connectivity index (χ3v) is 5.03. The number of rotatable bonds is 14. The number of hydrogen-bond donors (Lipinski definition) is 1. The van der Waals surface area contributed by atoms with Crippen LogP contribution in [-0.4, -0.2) is 13.2 Å². The molecule has 0 saturated carbocycles. The van der Waals surface area contributed by atoms with Crippen molar-refractivity contribution < 1.29 is 9.47 Å². The van der Waals surface area contributed by atoms with E-state index in [-0.39, 0.29) is 0 Å². The molecule has 0 radical (unpaired) electrons. The Hall–Kier alpha value is -1.38. The molecule has 1 rings (SSSR count). The van der Waals surface area contributed by atoms with Crippen LogP contribution in [0.25, 0.3) is 0 Å². The number of ether oxygens (including phenoxy) is 2. The van der Waals surface area contributed by atoms with Crippen molar-refractivity contribution in [2.24, 2.45) is 11.8 Å².